The van der Waals surface area contributed by atoms with Gasteiger partial charge >= 0.3 is 5.97 Å². The summed E-state index contributed by atoms with van der Waals surface area (Å²) in [6, 6.07) is 0. The SMILES string of the molecule is COCC(C)OC(=O)C(C)/C=C\C(C)C. The monoisotopic (exact) mass is 214 g/mol. The van der Waals surface area contributed by atoms with Gasteiger partial charge in [-0.25, -0.2) is 0 Å². The smallest absolute Gasteiger partial charge is 0.312 e. The molecule has 0 aromatic carbocycles. The van der Waals surface area contributed by atoms with E-state index in [1.165, 1.54) is 0 Å². The summed E-state index contributed by atoms with van der Waals surface area (Å²) in [6.45, 7) is 8.23. The van der Waals surface area contributed by atoms with Gasteiger partial charge in [0.2, 0.25) is 0 Å². The van der Waals surface area contributed by atoms with Gasteiger partial charge in [-0.15, -0.1) is 0 Å². The van der Waals surface area contributed by atoms with Crippen LogP contribution in [0.5, 0.6) is 0 Å². The first kappa shape index (κ1) is 14.2. The number of methoxy groups -OCH3 is 1. The lowest BCUT2D eigenvalue weighted by molar-refractivity contribution is -0.153. The quantitative estimate of drug-likeness (QED) is 0.503. The van der Waals surface area contributed by atoms with E-state index < -0.39 is 0 Å². The Morgan fingerprint density at radius 3 is 2.27 bits per heavy atom. The number of hydrogen-bond donors (Lipinski definition) is 0. The fourth-order valence-electron chi connectivity index (χ4n) is 1.04. The van der Waals surface area contributed by atoms with Gasteiger partial charge in [-0.2, -0.15) is 0 Å². The van der Waals surface area contributed by atoms with Crippen LogP contribution in [0.3, 0.4) is 0 Å². The maximum atomic E-state index is 11.5. The Morgan fingerprint density at radius 1 is 1.20 bits per heavy atom. The number of carbonyl (C=O) groups excluding carboxylic acids is 1. The van der Waals surface area contributed by atoms with E-state index in [9.17, 15) is 4.79 Å². The largest absolute Gasteiger partial charge is 0.460 e. The molecule has 0 heterocycles. The van der Waals surface area contributed by atoms with Crippen LogP contribution in [0, 0.1) is 11.8 Å². The molecule has 0 aliphatic rings. The van der Waals surface area contributed by atoms with Crippen LogP contribution >= 0.6 is 0 Å². The van der Waals surface area contributed by atoms with Gasteiger partial charge in [-0.3, -0.25) is 4.79 Å². The van der Waals surface area contributed by atoms with Crippen molar-refractivity contribution in [1.82, 2.24) is 0 Å². The van der Waals surface area contributed by atoms with E-state index in [-0.39, 0.29) is 18.0 Å². The third-order valence-electron chi connectivity index (χ3n) is 1.88. The minimum absolute atomic E-state index is 0.183. The summed E-state index contributed by atoms with van der Waals surface area (Å²) in [4.78, 5) is 11.5. The van der Waals surface area contributed by atoms with Gasteiger partial charge in [0.25, 0.3) is 0 Å². The molecule has 0 fully saturated rings. The highest BCUT2D eigenvalue weighted by atomic mass is 16.6. The normalized spacial score (nSPS) is 15.6. The second-order valence-corrected chi connectivity index (χ2v) is 4.12. The third-order valence-corrected chi connectivity index (χ3v) is 1.88. The first-order chi connectivity index (χ1) is 6.97. The van der Waals surface area contributed by atoms with Crippen molar-refractivity contribution in [3.63, 3.8) is 0 Å². The summed E-state index contributed by atoms with van der Waals surface area (Å²) in [6.07, 6.45) is 3.71. The fourth-order valence-corrected chi connectivity index (χ4v) is 1.04. The first-order valence-electron chi connectivity index (χ1n) is 5.35. The molecule has 3 heteroatoms. The predicted molar refractivity (Wildman–Crippen MR) is 60.6 cm³/mol. The number of rotatable bonds is 6. The molecule has 2 atom stereocenters. The predicted octanol–water partition coefficient (Wildman–Crippen LogP) is 2.41. The topological polar surface area (TPSA) is 35.5 Å². The summed E-state index contributed by atoms with van der Waals surface area (Å²) >= 11 is 0. The van der Waals surface area contributed by atoms with E-state index in [0.717, 1.165) is 0 Å². The molecule has 88 valence electrons. The standard InChI is InChI=1S/C12H22O3/c1-9(2)6-7-10(3)12(13)15-11(4)8-14-5/h6-7,9-11H,8H2,1-5H3/b7-6-. The lowest BCUT2D eigenvalue weighted by Crippen LogP contribution is -2.23. The average molecular weight is 214 g/mol. The molecule has 2 unspecified atom stereocenters. The number of allylic oxidation sites excluding steroid dienone is 1. The minimum atomic E-state index is -0.198. The average Bonchev–Trinajstić information content (AvgIpc) is 2.14. The Kier molecular flexibility index (Phi) is 7.05. The van der Waals surface area contributed by atoms with Crippen LogP contribution in [0.15, 0.2) is 12.2 Å². The van der Waals surface area contributed by atoms with Gasteiger partial charge in [0, 0.05) is 7.11 Å². The molecule has 0 rings (SSSR count). The van der Waals surface area contributed by atoms with Gasteiger partial charge < -0.3 is 9.47 Å². The van der Waals surface area contributed by atoms with Crippen LogP contribution in [0.1, 0.15) is 27.7 Å². The second kappa shape index (κ2) is 7.46. The van der Waals surface area contributed by atoms with Crippen LogP contribution < -0.4 is 0 Å². The van der Waals surface area contributed by atoms with Crippen LogP contribution in [-0.2, 0) is 14.3 Å². The molecule has 15 heavy (non-hydrogen) atoms. The van der Waals surface area contributed by atoms with E-state index in [0.29, 0.717) is 12.5 Å². The Morgan fingerprint density at radius 2 is 1.80 bits per heavy atom. The van der Waals surface area contributed by atoms with Crippen molar-refractivity contribution in [2.45, 2.75) is 33.8 Å². The molecule has 0 saturated heterocycles. The van der Waals surface area contributed by atoms with Crippen molar-refractivity contribution in [2.75, 3.05) is 13.7 Å². The van der Waals surface area contributed by atoms with Crippen LogP contribution in [0.2, 0.25) is 0 Å². The summed E-state index contributed by atoms with van der Waals surface area (Å²) in [5.74, 6) is 0.0693. The van der Waals surface area contributed by atoms with Gasteiger partial charge in [-0.1, -0.05) is 26.0 Å². The molecule has 0 amide bonds. The molecule has 0 bridgehead atoms. The van der Waals surface area contributed by atoms with Gasteiger partial charge in [0.15, 0.2) is 0 Å². The van der Waals surface area contributed by atoms with Crippen molar-refractivity contribution in [2.24, 2.45) is 11.8 Å². The molecular weight excluding hydrogens is 192 g/mol. The van der Waals surface area contributed by atoms with E-state index in [4.69, 9.17) is 9.47 Å². The lowest BCUT2D eigenvalue weighted by atomic mass is 10.1. The summed E-state index contributed by atoms with van der Waals surface area (Å²) in [7, 11) is 1.59. The van der Waals surface area contributed by atoms with Gasteiger partial charge in [0.05, 0.1) is 12.5 Å². The van der Waals surface area contributed by atoms with Crippen molar-refractivity contribution in [1.29, 1.82) is 0 Å². The highest BCUT2D eigenvalue weighted by molar-refractivity contribution is 5.74. The Hall–Kier alpha value is -0.830. The maximum absolute atomic E-state index is 11.5. The molecule has 0 N–H and O–H groups in total. The Balaban J connectivity index is 3.98. The lowest BCUT2D eigenvalue weighted by Gasteiger charge is -2.14. The molecular formula is C12H22O3. The zero-order valence-corrected chi connectivity index (χ0v) is 10.3. The zero-order chi connectivity index (χ0) is 11.8. The Bertz CT molecular complexity index is 209. The number of carbonyl (C=O) groups is 1. The minimum Gasteiger partial charge on any atom is -0.460 e. The molecule has 0 radical (unpaired) electrons. The number of ether oxygens (including phenoxy) is 2. The van der Waals surface area contributed by atoms with E-state index in [1.807, 2.05) is 26.0 Å². The molecule has 0 aromatic heterocycles. The van der Waals surface area contributed by atoms with E-state index in [1.54, 1.807) is 7.11 Å². The fraction of sp³-hybridized carbons (Fsp3) is 0.750. The Labute approximate surface area is 92.5 Å². The van der Waals surface area contributed by atoms with Crippen LogP contribution in [-0.4, -0.2) is 25.8 Å². The summed E-state index contributed by atoms with van der Waals surface area (Å²) < 4.78 is 10.1. The molecule has 0 spiro atoms. The molecule has 0 saturated carbocycles. The summed E-state index contributed by atoms with van der Waals surface area (Å²) in [5, 5.41) is 0. The number of hydrogen-bond acceptors (Lipinski definition) is 3. The van der Waals surface area contributed by atoms with Crippen molar-refractivity contribution in [3.8, 4) is 0 Å². The van der Waals surface area contributed by atoms with Crippen molar-refractivity contribution < 1.29 is 14.3 Å². The van der Waals surface area contributed by atoms with Crippen molar-refractivity contribution >= 4 is 5.97 Å². The maximum Gasteiger partial charge on any atom is 0.312 e. The first-order valence-corrected chi connectivity index (χ1v) is 5.35. The molecule has 3 nitrogen and oxygen atoms in total. The number of esters is 1. The van der Waals surface area contributed by atoms with Crippen molar-refractivity contribution in [3.05, 3.63) is 12.2 Å². The third kappa shape index (κ3) is 7.14. The van der Waals surface area contributed by atoms with Crippen LogP contribution in [0.25, 0.3) is 0 Å². The highest BCUT2D eigenvalue weighted by Gasteiger charge is 2.14. The molecule has 0 aliphatic carbocycles. The van der Waals surface area contributed by atoms with E-state index in [2.05, 4.69) is 13.8 Å². The molecule has 0 aliphatic heterocycles. The highest BCUT2D eigenvalue weighted by Crippen LogP contribution is 2.06. The van der Waals surface area contributed by atoms with Crippen LogP contribution in [0.4, 0.5) is 0 Å². The summed E-state index contributed by atoms with van der Waals surface area (Å²) in [5.41, 5.74) is 0. The van der Waals surface area contributed by atoms with Gasteiger partial charge in [0.1, 0.15) is 6.10 Å². The van der Waals surface area contributed by atoms with Gasteiger partial charge in [-0.05, 0) is 19.8 Å². The molecule has 0 aromatic rings. The zero-order valence-electron chi connectivity index (χ0n) is 10.3. The van der Waals surface area contributed by atoms with E-state index >= 15 is 0 Å². The second-order valence-electron chi connectivity index (χ2n) is 4.12.